The van der Waals surface area contributed by atoms with Crippen molar-refractivity contribution in [2.75, 3.05) is 42.7 Å². The Morgan fingerprint density at radius 2 is 2.16 bits per heavy atom. The van der Waals surface area contributed by atoms with Crippen LogP contribution in [0.2, 0.25) is 0 Å². The van der Waals surface area contributed by atoms with Crippen molar-refractivity contribution in [2.45, 2.75) is 25.9 Å². The summed E-state index contributed by atoms with van der Waals surface area (Å²) in [6, 6.07) is 3.64. The van der Waals surface area contributed by atoms with Crippen molar-refractivity contribution in [1.29, 1.82) is 0 Å². The van der Waals surface area contributed by atoms with Gasteiger partial charge in [-0.15, -0.1) is 0 Å². The highest BCUT2D eigenvalue weighted by atomic mass is 16.6. The van der Waals surface area contributed by atoms with Gasteiger partial charge in [0.05, 0.1) is 18.9 Å². The highest BCUT2D eigenvalue weighted by molar-refractivity contribution is 5.96. The third kappa shape index (κ3) is 3.73. The van der Waals surface area contributed by atoms with Crippen molar-refractivity contribution in [3.05, 3.63) is 30.1 Å². The van der Waals surface area contributed by atoms with Crippen molar-refractivity contribution in [3.8, 4) is 17.1 Å². The van der Waals surface area contributed by atoms with E-state index in [9.17, 15) is 4.79 Å². The second-order valence-corrected chi connectivity index (χ2v) is 8.20. The highest BCUT2D eigenvalue weighted by Gasteiger charge is 2.34. The maximum atomic E-state index is 12.4. The molecule has 3 aromatic rings. The van der Waals surface area contributed by atoms with E-state index in [2.05, 4.69) is 25.6 Å². The molecule has 0 saturated carbocycles. The maximum absolute atomic E-state index is 12.4. The van der Waals surface area contributed by atoms with Crippen LogP contribution in [0.3, 0.4) is 0 Å². The molecule has 5 heterocycles. The molecule has 0 bridgehead atoms. The minimum Gasteiger partial charge on any atom is -0.474 e. The van der Waals surface area contributed by atoms with Crippen LogP contribution in [0, 0.1) is 6.92 Å². The number of nitrogen functional groups attached to an aromatic ring is 1. The molecular weight excluding hydrogens is 412 g/mol. The van der Waals surface area contributed by atoms with Gasteiger partial charge in [0.25, 0.3) is 0 Å². The number of ether oxygens (including phenoxy) is 3. The molecule has 5 rings (SSSR count). The van der Waals surface area contributed by atoms with E-state index in [1.54, 1.807) is 18.5 Å². The van der Waals surface area contributed by atoms with Gasteiger partial charge >= 0.3 is 6.09 Å². The number of nitrogens with two attached hydrogens (primary N) is 1. The molecule has 0 aliphatic carbocycles. The Morgan fingerprint density at radius 3 is 2.97 bits per heavy atom. The summed E-state index contributed by atoms with van der Waals surface area (Å²) < 4.78 is 16.5. The zero-order chi connectivity index (χ0) is 22.3. The van der Waals surface area contributed by atoms with Gasteiger partial charge in [-0.3, -0.25) is 5.32 Å². The fourth-order valence-corrected chi connectivity index (χ4v) is 3.94. The van der Waals surface area contributed by atoms with E-state index in [1.807, 2.05) is 19.9 Å². The van der Waals surface area contributed by atoms with Crippen LogP contribution in [0.1, 0.15) is 18.9 Å². The summed E-state index contributed by atoms with van der Waals surface area (Å²) in [6.07, 6.45) is 3.40. The first-order valence-corrected chi connectivity index (χ1v) is 10.4. The molecule has 32 heavy (non-hydrogen) atoms. The van der Waals surface area contributed by atoms with Gasteiger partial charge in [-0.1, -0.05) is 0 Å². The Kier molecular flexibility index (Phi) is 4.93. The number of hydrogen-bond acceptors (Lipinski definition) is 9. The van der Waals surface area contributed by atoms with E-state index in [4.69, 9.17) is 19.9 Å². The van der Waals surface area contributed by atoms with E-state index in [1.165, 1.54) is 0 Å². The molecule has 10 nitrogen and oxygen atoms in total. The molecule has 4 N–H and O–H groups in total. The standard InChI is InChI=1S/C22H24N6O4/c1-12-14(9-26-20-18(12)24-4-6-31-20)16-7-13-8-17(25-10-15(13)19(23)27-16)28-21(29)32-22(2)3-5-30-11-22/h7-10,24H,3-6,11H2,1-2H3,(H2,23,27)(H,25,28,29). The predicted molar refractivity (Wildman–Crippen MR) is 120 cm³/mol. The van der Waals surface area contributed by atoms with Crippen LogP contribution in [0.4, 0.5) is 22.1 Å². The Labute approximate surface area is 184 Å². The van der Waals surface area contributed by atoms with E-state index >= 15 is 0 Å². The lowest BCUT2D eigenvalue weighted by Gasteiger charge is -2.22. The highest BCUT2D eigenvalue weighted by Crippen LogP contribution is 2.36. The zero-order valence-electron chi connectivity index (χ0n) is 17.9. The summed E-state index contributed by atoms with van der Waals surface area (Å²) in [4.78, 5) is 25.6. The molecule has 166 valence electrons. The van der Waals surface area contributed by atoms with Gasteiger partial charge in [-0.05, 0) is 36.9 Å². The molecule has 1 atom stereocenters. The van der Waals surface area contributed by atoms with Gasteiger partial charge in [0, 0.05) is 36.3 Å². The quantitative estimate of drug-likeness (QED) is 0.566. The van der Waals surface area contributed by atoms with Gasteiger partial charge in [0.15, 0.2) is 0 Å². The molecule has 0 radical (unpaired) electrons. The van der Waals surface area contributed by atoms with E-state index in [0.29, 0.717) is 61.4 Å². The number of aromatic nitrogens is 3. The van der Waals surface area contributed by atoms with Crippen LogP contribution in [0.15, 0.2) is 24.5 Å². The number of amides is 1. The normalized spacial score (nSPS) is 19.7. The van der Waals surface area contributed by atoms with Crippen LogP contribution in [0.25, 0.3) is 22.0 Å². The zero-order valence-corrected chi connectivity index (χ0v) is 17.9. The lowest BCUT2D eigenvalue weighted by atomic mass is 10.0. The van der Waals surface area contributed by atoms with Crippen molar-refractivity contribution in [1.82, 2.24) is 15.0 Å². The Hall–Kier alpha value is -3.66. The monoisotopic (exact) mass is 436 g/mol. The number of nitrogens with zero attached hydrogens (tertiary/aromatic N) is 3. The van der Waals surface area contributed by atoms with Gasteiger partial charge < -0.3 is 25.3 Å². The lowest BCUT2D eigenvalue weighted by Crippen LogP contribution is -2.34. The Balaban J connectivity index is 1.45. The fourth-order valence-electron chi connectivity index (χ4n) is 3.94. The van der Waals surface area contributed by atoms with Gasteiger partial charge in [-0.2, -0.15) is 0 Å². The molecule has 1 unspecified atom stereocenters. The number of anilines is 3. The fraction of sp³-hybridized carbons (Fsp3) is 0.364. The SMILES string of the molecule is Cc1c(-c2cc3cc(NC(=O)OC4(C)CCOC4)ncc3c(N)n2)cnc2c1NCCO2. The summed E-state index contributed by atoms with van der Waals surface area (Å²) in [5.41, 5.74) is 8.94. The Bertz CT molecular complexity index is 1210. The first-order valence-electron chi connectivity index (χ1n) is 10.4. The number of pyridine rings is 3. The van der Waals surface area contributed by atoms with Gasteiger partial charge in [-0.25, -0.2) is 19.7 Å². The van der Waals surface area contributed by atoms with Crippen LogP contribution >= 0.6 is 0 Å². The molecule has 0 aromatic carbocycles. The largest absolute Gasteiger partial charge is 0.474 e. The van der Waals surface area contributed by atoms with E-state index in [0.717, 1.165) is 22.2 Å². The van der Waals surface area contributed by atoms with Gasteiger partial charge in [0.2, 0.25) is 5.88 Å². The molecule has 1 fully saturated rings. The summed E-state index contributed by atoms with van der Waals surface area (Å²) in [7, 11) is 0. The molecule has 1 saturated heterocycles. The molecule has 1 amide bonds. The first-order chi connectivity index (χ1) is 15.4. The number of carbonyl (C=O) groups is 1. The molecule has 2 aliphatic heterocycles. The molecular formula is C22H24N6O4. The molecule has 0 spiro atoms. The minimum atomic E-state index is -0.628. The van der Waals surface area contributed by atoms with Crippen LogP contribution < -0.4 is 21.1 Å². The molecule has 2 aliphatic rings. The summed E-state index contributed by atoms with van der Waals surface area (Å²) in [6.45, 7) is 6.09. The minimum absolute atomic E-state index is 0.344. The summed E-state index contributed by atoms with van der Waals surface area (Å²) in [5.74, 6) is 1.29. The lowest BCUT2D eigenvalue weighted by molar-refractivity contribution is 0.0241. The smallest absolute Gasteiger partial charge is 0.413 e. The first kappa shape index (κ1) is 20.3. The number of carbonyl (C=O) groups excluding carboxylic acids is 1. The number of nitrogens with one attached hydrogen (secondary N) is 2. The van der Waals surface area contributed by atoms with Crippen molar-refractivity contribution < 1.29 is 19.0 Å². The second kappa shape index (κ2) is 7.79. The number of rotatable bonds is 3. The predicted octanol–water partition coefficient (Wildman–Crippen LogP) is 3.11. The van der Waals surface area contributed by atoms with Gasteiger partial charge in [0.1, 0.15) is 29.5 Å². The topological polar surface area (TPSA) is 134 Å². The van der Waals surface area contributed by atoms with Crippen molar-refractivity contribution in [3.63, 3.8) is 0 Å². The third-order valence-corrected chi connectivity index (χ3v) is 5.72. The maximum Gasteiger partial charge on any atom is 0.413 e. The van der Waals surface area contributed by atoms with E-state index < -0.39 is 11.7 Å². The van der Waals surface area contributed by atoms with Crippen molar-refractivity contribution >= 4 is 34.2 Å². The van der Waals surface area contributed by atoms with Crippen molar-refractivity contribution in [2.24, 2.45) is 0 Å². The summed E-state index contributed by atoms with van der Waals surface area (Å²) >= 11 is 0. The average Bonchev–Trinajstić information content (AvgIpc) is 3.19. The average molecular weight is 436 g/mol. The summed E-state index contributed by atoms with van der Waals surface area (Å²) in [5, 5.41) is 7.49. The van der Waals surface area contributed by atoms with Crippen LogP contribution in [0.5, 0.6) is 5.88 Å². The van der Waals surface area contributed by atoms with Crippen LogP contribution in [-0.2, 0) is 9.47 Å². The molecule has 10 heteroatoms. The number of hydrogen-bond donors (Lipinski definition) is 3. The Morgan fingerprint density at radius 1 is 1.28 bits per heavy atom. The molecule has 3 aromatic heterocycles. The number of fused-ring (bicyclic) bond motifs is 2. The van der Waals surface area contributed by atoms with Crippen LogP contribution in [-0.4, -0.2) is 53.0 Å². The van der Waals surface area contributed by atoms with E-state index in [-0.39, 0.29) is 0 Å². The second-order valence-electron chi connectivity index (χ2n) is 8.20. The third-order valence-electron chi connectivity index (χ3n) is 5.72.